The Hall–Kier alpha value is -1.95. The van der Waals surface area contributed by atoms with Gasteiger partial charge in [-0.2, -0.15) is 0 Å². The Labute approximate surface area is 140 Å². The second kappa shape index (κ2) is 7.08. The lowest BCUT2D eigenvalue weighted by Gasteiger charge is -2.31. The molecule has 6 nitrogen and oxygen atoms in total. The SMILES string of the molecule is CC(C)(C)OC(=O)N1CCOc2cc(CNC(=O)CCl)ccc21. The number of benzene rings is 1. The minimum Gasteiger partial charge on any atom is -0.490 e. The molecule has 0 aromatic heterocycles. The van der Waals surface area contributed by atoms with E-state index in [1.54, 1.807) is 17.0 Å². The molecule has 0 atom stereocenters. The van der Waals surface area contributed by atoms with Crippen molar-refractivity contribution >= 4 is 29.3 Å². The number of amides is 2. The fourth-order valence-electron chi connectivity index (χ4n) is 2.13. The van der Waals surface area contributed by atoms with Crippen LogP contribution >= 0.6 is 11.6 Å². The number of nitrogens with zero attached hydrogens (tertiary/aromatic N) is 1. The fraction of sp³-hybridized carbons (Fsp3) is 0.500. The summed E-state index contributed by atoms with van der Waals surface area (Å²) in [4.78, 5) is 25.1. The molecular weight excluding hydrogens is 320 g/mol. The van der Waals surface area contributed by atoms with Crippen LogP contribution in [0.3, 0.4) is 0 Å². The molecule has 0 aliphatic carbocycles. The zero-order chi connectivity index (χ0) is 17.0. The molecule has 0 bridgehead atoms. The van der Waals surface area contributed by atoms with Gasteiger partial charge >= 0.3 is 6.09 Å². The van der Waals surface area contributed by atoms with E-state index >= 15 is 0 Å². The van der Waals surface area contributed by atoms with E-state index in [0.717, 1.165) is 5.56 Å². The summed E-state index contributed by atoms with van der Waals surface area (Å²) < 4.78 is 11.0. The van der Waals surface area contributed by atoms with Gasteiger partial charge in [0.15, 0.2) is 0 Å². The summed E-state index contributed by atoms with van der Waals surface area (Å²) in [6, 6.07) is 5.43. The van der Waals surface area contributed by atoms with Crippen molar-refractivity contribution in [2.45, 2.75) is 32.9 Å². The average Bonchev–Trinajstić information content (AvgIpc) is 2.49. The molecule has 1 aliphatic heterocycles. The van der Waals surface area contributed by atoms with Crippen LogP contribution in [-0.2, 0) is 16.1 Å². The molecule has 23 heavy (non-hydrogen) atoms. The van der Waals surface area contributed by atoms with Crippen LogP contribution in [0.5, 0.6) is 5.75 Å². The molecule has 0 radical (unpaired) electrons. The third kappa shape index (κ3) is 4.76. The molecule has 1 aromatic carbocycles. The smallest absolute Gasteiger partial charge is 0.415 e. The quantitative estimate of drug-likeness (QED) is 0.859. The highest BCUT2D eigenvalue weighted by atomic mass is 35.5. The van der Waals surface area contributed by atoms with E-state index in [4.69, 9.17) is 21.1 Å². The molecule has 1 aromatic rings. The summed E-state index contributed by atoms with van der Waals surface area (Å²) in [6.07, 6.45) is -0.398. The number of ether oxygens (including phenoxy) is 2. The highest BCUT2D eigenvalue weighted by Crippen LogP contribution is 2.33. The maximum absolute atomic E-state index is 12.3. The maximum Gasteiger partial charge on any atom is 0.415 e. The van der Waals surface area contributed by atoms with E-state index in [9.17, 15) is 9.59 Å². The zero-order valence-corrected chi connectivity index (χ0v) is 14.3. The van der Waals surface area contributed by atoms with Crippen molar-refractivity contribution in [3.05, 3.63) is 23.8 Å². The predicted molar refractivity (Wildman–Crippen MR) is 88.1 cm³/mol. The average molecular weight is 341 g/mol. The Bertz CT molecular complexity index is 598. The van der Waals surface area contributed by atoms with Crippen molar-refractivity contribution in [1.29, 1.82) is 0 Å². The van der Waals surface area contributed by atoms with Gasteiger partial charge in [-0.1, -0.05) is 6.07 Å². The Morgan fingerprint density at radius 1 is 1.39 bits per heavy atom. The summed E-state index contributed by atoms with van der Waals surface area (Å²) in [5.74, 6) is 0.286. The van der Waals surface area contributed by atoms with E-state index in [1.165, 1.54) is 0 Å². The number of halogens is 1. The second-order valence-electron chi connectivity index (χ2n) is 6.19. The number of fused-ring (bicyclic) bond motifs is 1. The van der Waals surface area contributed by atoms with Crippen LogP contribution in [0.4, 0.5) is 10.5 Å². The van der Waals surface area contributed by atoms with Gasteiger partial charge in [0.2, 0.25) is 5.91 Å². The zero-order valence-electron chi connectivity index (χ0n) is 13.5. The van der Waals surface area contributed by atoms with Gasteiger partial charge < -0.3 is 14.8 Å². The van der Waals surface area contributed by atoms with Crippen LogP contribution in [0.15, 0.2) is 18.2 Å². The Morgan fingerprint density at radius 3 is 2.78 bits per heavy atom. The van der Waals surface area contributed by atoms with Gasteiger partial charge in [0.1, 0.15) is 23.8 Å². The van der Waals surface area contributed by atoms with Gasteiger partial charge in [-0.3, -0.25) is 9.69 Å². The highest BCUT2D eigenvalue weighted by molar-refractivity contribution is 6.27. The monoisotopic (exact) mass is 340 g/mol. The Balaban J connectivity index is 2.13. The highest BCUT2D eigenvalue weighted by Gasteiger charge is 2.28. The molecule has 0 saturated heterocycles. The van der Waals surface area contributed by atoms with E-state index in [-0.39, 0.29) is 11.8 Å². The van der Waals surface area contributed by atoms with Crippen LogP contribution < -0.4 is 15.0 Å². The van der Waals surface area contributed by atoms with Gasteiger partial charge in [-0.25, -0.2) is 4.79 Å². The number of nitrogens with one attached hydrogen (secondary N) is 1. The van der Waals surface area contributed by atoms with Gasteiger partial charge in [0.25, 0.3) is 0 Å². The van der Waals surface area contributed by atoms with Crippen molar-refractivity contribution in [1.82, 2.24) is 5.32 Å². The molecule has 1 aliphatic rings. The molecule has 126 valence electrons. The van der Waals surface area contributed by atoms with Crippen molar-refractivity contribution in [2.24, 2.45) is 0 Å². The lowest BCUT2D eigenvalue weighted by atomic mass is 10.1. The summed E-state index contributed by atoms with van der Waals surface area (Å²) in [5.41, 5.74) is 0.979. The summed E-state index contributed by atoms with van der Waals surface area (Å²) >= 11 is 5.45. The second-order valence-corrected chi connectivity index (χ2v) is 6.46. The molecule has 1 heterocycles. The molecule has 1 N–H and O–H groups in total. The molecular formula is C16H21ClN2O4. The normalized spacial score (nSPS) is 13.8. The maximum atomic E-state index is 12.3. The first-order chi connectivity index (χ1) is 10.8. The van der Waals surface area contributed by atoms with Crippen LogP contribution in [0.2, 0.25) is 0 Å². The van der Waals surface area contributed by atoms with E-state index < -0.39 is 11.7 Å². The van der Waals surface area contributed by atoms with Gasteiger partial charge in [0.05, 0.1) is 12.2 Å². The largest absolute Gasteiger partial charge is 0.490 e. The molecule has 0 spiro atoms. The number of hydrogen-bond donors (Lipinski definition) is 1. The van der Waals surface area contributed by atoms with Crippen molar-refractivity contribution in [3.63, 3.8) is 0 Å². The fourth-order valence-corrected chi connectivity index (χ4v) is 2.22. The Morgan fingerprint density at radius 2 is 2.13 bits per heavy atom. The molecule has 0 saturated carbocycles. The van der Waals surface area contributed by atoms with Crippen LogP contribution in [0, 0.1) is 0 Å². The van der Waals surface area contributed by atoms with Crippen molar-refractivity contribution in [3.8, 4) is 5.75 Å². The minimum atomic E-state index is -0.554. The third-order valence-corrected chi connectivity index (χ3v) is 3.36. The molecule has 2 amide bonds. The number of alkyl halides is 1. The topological polar surface area (TPSA) is 67.9 Å². The van der Waals surface area contributed by atoms with Crippen LogP contribution in [0.25, 0.3) is 0 Å². The lowest BCUT2D eigenvalue weighted by Crippen LogP contribution is -2.41. The van der Waals surface area contributed by atoms with Gasteiger partial charge in [-0.05, 0) is 38.5 Å². The van der Waals surface area contributed by atoms with E-state index in [2.05, 4.69) is 5.32 Å². The molecule has 0 fully saturated rings. The number of hydrogen-bond acceptors (Lipinski definition) is 4. The first-order valence-electron chi connectivity index (χ1n) is 7.39. The Kier molecular flexibility index (Phi) is 5.36. The number of carbonyl (C=O) groups excluding carboxylic acids is 2. The summed E-state index contributed by atoms with van der Waals surface area (Å²) in [6.45, 7) is 6.67. The van der Waals surface area contributed by atoms with Gasteiger partial charge in [0, 0.05) is 6.54 Å². The summed E-state index contributed by atoms with van der Waals surface area (Å²) in [7, 11) is 0. The predicted octanol–water partition coefficient (Wildman–Crippen LogP) is 2.68. The number of rotatable bonds is 3. The van der Waals surface area contributed by atoms with Crippen LogP contribution in [-0.4, -0.2) is 36.6 Å². The van der Waals surface area contributed by atoms with E-state index in [1.807, 2.05) is 26.8 Å². The van der Waals surface area contributed by atoms with E-state index in [0.29, 0.717) is 31.1 Å². The standard InChI is InChI=1S/C16H21ClN2O4/c1-16(2,3)23-15(21)19-6-7-22-13-8-11(4-5-12(13)19)10-18-14(20)9-17/h4-5,8H,6-7,9-10H2,1-3H3,(H,18,20). The third-order valence-electron chi connectivity index (χ3n) is 3.11. The first-order valence-corrected chi connectivity index (χ1v) is 7.92. The van der Waals surface area contributed by atoms with Crippen molar-refractivity contribution in [2.75, 3.05) is 23.9 Å². The molecule has 0 unspecified atom stereocenters. The van der Waals surface area contributed by atoms with Crippen LogP contribution in [0.1, 0.15) is 26.3 Å². The number of carbonyl (C=O) groups is 2. The van der Waals surface area contributed by atoms with Crippen molar-refractivity contribution < 1.29 is 19.1 Å². The molecule has 2 rings (SSSR count). The molecule has 7 heteroatoms. The summed E-state index contributed by atoms with van der Waals surface area (Å²) in [5, 5.41) is 2.69. The first kappa shape index (κ1) is 17.4. The van der Waals surface area contributed by atoms with Gasteiger partial charge in [-0.15, -0.1) is 11.6 Å². The lowest BCUT2D eigenvalue weighted by molar-refractivity contribution is -0.118. The minimum absolute atomic E-state index is 0.0755. The number of anilines is 1.